The number of hydrogen-bond acceptors (Lipinski definition) is 3. The van der Waals surface area contributed by atoms with Gasteiger partial charge in [0, 0.05) is 12.0 Å². The highest BCUT2D eigenvalue weighted by Crippen LogP contribution is 2.24. The third kappa shape index (κ3) is 1.99. The van der Waals surface area contributed by atoms with Gasteiger partial charge in [-0.2, -0.15) is 0 Å². The Labute approximate surface area is 95.0 Å². The van der Waals surface area contributed by atoms with Crippen LogP contribution in [0, 0.1) is 0 Å². The lowest BCUT2D eigenvalue weighted by molar-refractivity contribution is 0.124. The van der Waals surface area contributed by atoms with Crippen LogP contribution in [0.2, 0.25) is 0 Å². The standard InChI is InChI=1S/C13H15NO2/c1-2-3-8-16-12-9-10-6-4-5-7-11(10)13(12)14-15/h2-7,12,15H,8-9H2,1H3/b3-2+,14-13+. The van der Waals surface area contributed by atoms with Crippen molar-refractivity contribution in [3.63, 3.8) is 0 Å². The second-order valence-corrected chi connectivity index (χ2v) is 3.74. The Balaban J connectivity index is 2.15. The van der Waals surface area contributed by atoms with Crippen LogP contribution >= 0.6 is 0 Å². The zero-order chi connectivity index (χ0) is 11.4. The van der Waals surface area contributed by atoms with Crippen molar-refractivity contribution in [2.75, 3.05) is 6.61 Å². The van der Waals surface area contributed by atoms with E-state index in [2.05, 4.69) is 5.16 Å². The van der Waals surface area contributed by atoms with E-state index in [0.717, 1.165) is 12.0 Å². The maximum atomic E-state index is 9.03. The molecule has 1 aromatic rings. The van der Waals surface area contributed by atoms with Gasteiger partial charge in [-0.05, 0) is 12.5 Å². The molecule has 1 aliphatic rings. The lowest BCUT2D eigenvalue weighted by atomic mass is 10.1. The average molecular weight is 217 g/mol. The molecule has 0 saturated heterocycles. The Morgan fingerprint density at radius 2 is 2.31 bits per heavy atom. The largest absolute Gasteiger partial charge is 0.411 e. The zero-order valence-electron chi connectivity index (χ0n) is 9.26. The van der Waals surface area contributed by atoms with Gasteiger partial charge in [0.05, 0.1) is 6.61 Å². The van der Waals surface area contributed by atoms with Crippen molar-refractivity contribution in [3.05, 3.63) is 47.5 Å². The molecule has 0 fully saturated rings. The van der Waals surface area contributed by atoms with Crippen LogP contribution < -0.4 is 0 Å². The highest BCUT2D eigenvalue weighted by molar-refractivity contribution is 6.07. The number of hydrogen-bond donors (Lipinski definition) is 1. The first-order valence-corrected chi connectivity index (χ1v) is 5.39. The van der Waals surface area contributed by atoms with Crippen molar-refractivity contribution in [1.29, 1.82) is 0 Å². The topological polar surface area (TPSA) is 41.8 Å². The number of oxime groups is 1. The molecule has 1 aliphatic carbocycles. The van der Waals surface area contributed by atoms with Gasteiger partial charge in [0.1, 0.15) is 11.8 Å². The van der Waals surface area contributed by atoms with E-state index in [1.807, 2.05) is 43.3 Å². The number of benzene rings is 1. The van der Waals surface area contributed by atoms with E-state index in [1.165, 1.54) is 5.56 Å². The molecular weight excluding hydrogens is 202 g/mol. The molecule has 3 heteroatoms. The highest BCUT2D eigenvalue weighted by atomic mass is 16.5. The van der Waals surface area contributed by atoms with Crippen molar-refractivity contribution in [1.82, 2.24) is 0 Å². The van der Waals surface area contributed by atoms with Crippen LogP contribution in [-0.4, -0.2) is 23.6 Å². The minimum absolute atomic E-state index is 0.126. The first-order chi connectivity index (χ1) is 7.86. The van der Waals surface area contributed by atoms with E-state index in [0.29, 0.717) is 12.3 Å². The van der Waals surface area contributed by atoms with Gasteiger partial charge in [-0.15, -0.1) is 0 Å². The molecule has 0 heterocycles. The van der Waals surface area contributed by atoms with E-state index in [1.54, 1.807) is 0 Å². The predicted molar refractivity (Wildman–Crippen MR) is 63.0 cm³/mol. The third-order valence-electron chi connectivity index (χ3n) is 2.74. The van der Waals surface area contributed by atoms with E-state index in [9.17, 15) is 0 Å². The Kier molecular flexibility index (Phi) is 3.37. The van der Waals surface area contributed by atoms with Crippen LogP contribution in [0.5, 0.6) is 0 Å². The molecule has 1 N–H and O–H groups in total. The molecule has 1 atom stereocenters. The summed E-state index contributed by atoms with van der Waals surface area (Å²) in [5, 5.41) is 12.4. The normalized spacial score (nSPS) is 21.8. The highest BCUT2D eigenvalue weighted by Gasteiger charge is 2.29. The summed E-state index contributed by atoms with van der Waals surface area (Å²) < 4.78 is 5.65. The van der Waals surface area contributed by atoms with Gasteiger partial charge in [0.25, 0.3) is 0 Å². The summed E-state index contributed by atoms with van der Waals surface area (Å²) in [6.07, 6.45) is 4.54. The van der Waals surface area contributed by atoms with Crippen LogP contribution in [0.1, 0.15) is 18.1 Å². The quantitative estimate of drug-likeness (QED) is 0.480. The monoisotopic (exact) mass is 217 g/mol. The van der Waals surface area contributed by atoms with Gasteiger partial charge in [-0.3, -0.25) is 0 Å². The van der Waals surface area contributed by atoms with Gasteiger partial charge in [0.2, 0.25) is 0 Å². The molecule has 16 heavy (non-hydrogen) atoms. The van der Waals surface area contributed by atoms with E-state index < -0.39 is 0 Å². The molecule has 0 spiro atoms. The van der Waals surface area contributed by atoms with E-state index in [4.69, 9.17) is 9.94 Å². The number of fused-ring (bicyclic) bond motifs is 1. The molecule has 0 amide bonds. The molecule has 0 saturated carbocycles. The fourth-order valence-corrected chi connectivity index (χ4v) is 1.94. The summed E-state index contributed by atoms with van der Waals surface area (Å²) in [4.78, 5) is 0. The lowest BCUT2D eigenvalue weighted by Crippen LogP contribution is -2.21. The average Bonchev–Trinajstić information content (AvgIpc) is 2.67. The van der Waals surface area contributed by atoms with Crippen LogP contribution in [0.3, 0.4) is 0 Å². The van der Waals surface area contributed by atoms with Gasteiger partial charge in [-0.1, -0.05) is 41.6 Å². The molecule has 3 nitrogen and oxygen atoms in total. The molecule has 84 valence electrons. The van der Waals surface area contributed by atoms with Crippen molar-refractivity contribution < 1.29 is 9.94 Å². The maximum absolute atomic E-state index is 9.03. The van der Waals surface area contributed by atoms with Crippen LogP contribution in [0.4, 0.5) is 0 Å². The molecule has 0 radical (unpaired) electrons. The SMILES string of the molecule is C/C=C/COC1Cc2ccccc2/C1=N\O. The fraction of sp³-hybridized carbons (Fsp3) is 0.308. The summed E-state index contributed by atoms with van der Waals surface area (Å²) in [7, 11) is 0. The molecule has 2 rings (SSSR count). The molecule has 0 aromatic heterocycles. The molecule has 1 aromatic carbocycles. The number of ether oxygens (including phenoxy) is 1. The van der Waals surface area contributed by atoms with E-state index in [-0.39, 0.29) is 6.10 Å². The van der Waals surface area contributed by atoms with Crippen LogP contribution in [-0.2, 0) is 11.2 Å². The smallest absolute Gasteiger partial charge is 0.116 e. The molecular formula is C13H15NO2. The minimum atomic E-state index is -0.126. The van der Waals surface area contributed by atoms with Crippen LogP contribution in [0.25, 0.3) is 0 Å². The van der Waals surface area contributed by atoms with Crippen molar-refractivity contribution in [3.8, 4) is 0 Å². The summed E-state index contributed by atoms with van der Waals surface area (Å²) in [5.41, 5.74) is 2.82. The van der Waals surface area contributed by atoms with Crippen LogP contribution in [0.15, 0.2) is 41.6 Å². The van der Waals surface area contributed by atoms with Crippen molar-refractivity contribution >= 4 is 5.71 Å². The number of nitrogens with zero attached hydrogens (tertiary/aromatic N) is 1. The predicted octanol–water partition coefficient (Wildman–Crippen LogP) is 2.38. The summed E-state index contributed by atoms with van der Waals surface area (Å²) in [6.45, 7) is 2.50. The van der Waals surface area contributed by atoms with Gasteiger partial charge < -0.3 is 9.94 Å². The number of allylic oxidation sites excluding steroid dienone is 1. The Morgan fingerprint density at radius 3 is 3.06 bits per heavy atom. The molecule has 0 aliphatic heterocycles. The molecule has 0 bridgehead atoms. The summed E-state index contributed by atoms with van der Waals surface area (Å²) in [6, 6.07) is 7.93. The second-order valence-electron chi connectivity index (χ2n) is 3.74. The maximum Gasteiger partial charge on any atom is 0.116 e. The first-order valence-electron chi connectivity index (χ1n) is 5.39. The second kappa shape index (κ2) is 4.94. The summed E-state index contributed by atoms with van der Waals surface area (Å²) >= 11 is 0. The van der Waals surface area contributed by atoms with E-state index >= 15 is 0 Å². The lowest BCUT2D eigenvalue weighted by Gasteiger charge is -2.09. The van der Waals surface area contributed by atoms with Crippen molar-refractivity contribution in [2.24, 2.45) is 5.16 Å². The first kappa shape index (κ1) is 10.9. The van der Waals surface area contributed by atoms with Gasteiger partial charge in [0.15, 0.2) is 0 Å². The number of rotatable bonds is 3. The fourth-order valence-electron chi connectivity index (χ4n) is 1.94. The minimum Gasteiger partial charge on any atom is -0.411 e. The summed E-state index contributed by atoms with van der Waals surface area (Å²) in [5.74, 6) is 0. The Bertz CT molecular complexity index is 424. The zero-order valence-corrected chi connectivity index (χ0v) is 9.26. The van der Waals surface area contributed by atoms with Gasteiger partial charge >= 0.3 is 0 Å². The third-order valence-corrected chi connectivity index (χ3v) is 2.74. The Hall–Kier alpha value is -1.61. The molecule has 1 unspecified atom stereocenters. The van der Waals surface area contributed by atoms with Crippen molar-refractivity contribution in [2.45, 2.75) is 19.4 Å². The van der Waals surface area contributed by atoms with Gasteiger partial charge in [-0.25, -0.2) is 0 Å². The Morgan fingerprint density at radius 1 is 1.50 bits per heavy atom.